The number of nitrogens with one attached hydrogen (secondary N) is 1. The molecule has 1 aromatic heterocycles. The summed E-state index contributed by atoms with van der Waals surface area (Å²) in [5.74, 6) is 0.802. The summed E-state index contributed by atoms with van der Waals surface area (Å²) in [7, 11) is -1.86. The number of nitrogens with zero attached hydrogens (tertiary/aromatic N) is 2. The molecule has 6 nitrogen and oxygen atoms in total. The van der Waals surface area contributed by atoms with E-state index in [1.54, 1.807) is 19.2 Å². The van der Waals surface area contributed by atoms with E-state index in [1.165, 1.54) is 28.7 Å². The molecule has 1 N–H and O–H groups in total. The minimum atomic E-state index is -3.52. The summed E-state index contributed by atoms with van der Waals surface area (Å²) >= 11 is 1.31. The normalized spacial score (nSPS) is 16.0. The van der Waals surface area contributed by atoms with Gasteiger partial charge in [-0.1, -0.05) is 44.9 Å². The number of thioether (sulfide) groups is 1. The van der Waals surface area contributed by atoms with Crippen molar-refractivity contribution in [1.29, 1.82) is 0 Å². The molecule has 1 fully saturated rings. The van der Waals surface area contributed by atoms with E-state index in [0.717, 1.165) is 32.1 Å². The number of aromatic nitrogens is 1. The van der Waals surface area contributed by atoms with Gasteiger partial charge in [0.15, 0.2) is 0 Å². The zero-order valence-corrected chi connectivity index (χ0v) is 18.1. The second kappa shape index (κ2) is 10.4. The van der Waals surface area contributed by atoms with Gasteiger partial charge in [0, 0.05) is 25.8 Å². The van der Waals surface area contributed by atoms with Crippen LogP contribution in [0.5, 0.6) is 0 Å². The summed E-state index contributed by atoms with van der Waals surface area (Å²) in [5, 5.41) is 3.53. The fourth-order valence-electron chi connectivity index (χ4n) is 3.10. The largest absolute Gasteiger partial charge is 0.355 e. The molecule has 0 bridgehead atoms. The van der Waals surface area contributed by atoms with Crippen LogP contribution in [0.1, 0.15) is 52.4 Å². The monoisotopic (exact) mass is 413 g/mol. The maximum Gasteiger partial charge on any atom is 0.244 e. The molecule has 0 saturated heterocycles. The molecule has 152 valence electrons. The fraction of sp³-hybridized carbons (Fsp3) is 0.684. The topological polar surface area (TPSA) is 79.4 Å². The molecule has 8 heteroatoms. The first kappa shape index (κ1) is 22.2. The Labute approximate surface area is 167 Å². The summed E-state index contributed by atoms with van der Waals surface area (Å²) in [5.41, 5.74) is 0. The zero-order valence-electron chi connectivity index (χ0n) is 16.5. The predicted molar refractivity (Wildman–Crippen MR) is 109 cm³/mol. The van der Waals surface area contributed by atoms with Crippen molar-refractivity contribution >= 4 is 27.7 Å². The van der Waals surface area contributed by atoms with Gasteiger partial charge >= 0.3 is 0 Å². The van der Waals surface area contributed by atoms with Crippen molar-refractivity contribution in [3.8, 4) is 0 Å². The van der Waals surface area contributed by atoms with Crippen molar-refractivity contribution < 1.29 is 13.2 Å². The summed E-state index contributed by atoms with van der Waals surface area (Å²) < 4.78 is 27.1. The van der Waals surface area contributed by atoms with Gasteiger partial charge in [-0.3, -0.25) is 4.79 Å². The number of carbonyl (C=O) groups is 1. The molecule has 27 heavy (non-hydrogen) atoms. The van der Waals surface area contributed by atoms with Gasteiger partial charge in [-0.25, -0.2) is 13.4 Å². The smallest absolute Gasteiger partial charge is 0.244 e. The third kappa shape index (κ3) is 6.76. The summed E-state index contributed by atoms with van der Waals surface area (Å²) in [6.07, 6.45) is 7.54. The molecule has 0 radical (unpaired) electrons. The van der Waals surface area contributed by atoms with Crippen molar-refractivity contribution in [2.75, 3.05) is 19.3 Å². The van der Waals surface area contributed by atoms with Crippen LogP contribution in [-0.4, -0.2) is 49.0 Å². The van der Waals surface area contributed by atoms with Gasteiger partial charge in [0.2, 0.25) is 15.9 Å². The van der Waals surface area contributed by atoms with E-state index in [1.807, 2.05) is 0 Å². The van der Waals surface area contributed by atoms with Gasteiger partial charge in [0.1, 0.15) is 4.90 Å². The highest BCUT2D eigenvalue weighted by Gasteiger charge is 2.29. The van der Waals surface area contributed by atoms with Crippen LogP contribution in [0.25, 0.3) is 0 Å². The Hall–Kier alpha value is -1.12. The maximum atomic E-state index is 12.8. The Morgan fingerprint density at radius 3 is 2.59 bits per heavy atom. The van der Waals surface area contributed by atoms with Gasteiger partial charge in [-0.2, -0.15) is 4.31 Å². The quantitative estimate of drug-likeness (QED) is 0.629. The second-order valence-electron chi connectivity index (χ2n) is 7.47. The average molecular weight is 414 g/mol. The third-order valence-corrected chi connectivity index (χ3v) is 7.71. The number of rotatable bonds is 9. The lowest BCUT2D eigenvalue weighted by Gasteiger charge is -2.30. The third-order valence-electron chi connectivity index (χ3n) is 4.87. The van der Waals surface area contributed by atoms with Crippen LogP contribution < -0.4 is 5.32 Å². The Morgan fingerprint density at radius 1 is 1.30 bits per heavy atom. The lowest BCUT2D eigenvalue weighted by Crippen LogP contribution is -2.38. The van der Waals surface area contributed by atoms with Crippen LogP contribution in [0.2, 0.25) is 0 Å². The van der Waals surface area contributed by atoms with E-state index >= 15 is 0 Å². The average Bonchev–Trinajstić information content (AvgIpc) is 2.66. The van der Waals surface area contributed by atoms with Gasteiger partial charge in [0.05, 0.1) is 10.8 Å². The molecular formula is C19H31N3O3S2. The molecule has 0 unspecified atom stereocenters. The van der Waals surface area contributed by atoms with Crippen LogP contribution in [0.15, 0.2) is 28.3 Å². The van der Waals surface area contributed by atoms with Crippen LogP contribution in [0.3, 0.4) is 0 Å². The Morgan fingerprint density at radius 2 is 2.00 bits per heavy atom. The molecule has 1 aliphatic carbocycles. The molecular weight excluding hydrogens is 382 g/mol. The van der Waals surface area contributed by atoms with E-state index in [2.05, 4.69) is 24.1 Å². The fourth-order valence-corrected chi connectivity index (χ4v) is 5.14. The number of sulfonamides is 1. The highest BCUT2D eigenvalue weighted by molar-refractivity contribution is 7.99. The van der Waals surface area contributed by atoms with Gasteiger partial charge in [-0.05, 0) is 37.3 Å². The first-order chi connectivity index (χ1) is 12.8. The Balaban J connectivity index is 1.89. The molecule has 1 aromatic rings. The molecule has 0 aromatic carbocycles. The minimum Gasteiger partial charge on any atom is -0.355 e. The molecule has 0 spiro atoms. The standard InChI is InChI=1S/C19H31N3O3S2/c1-15(2)11-12-20-18(23)14-26-19-10-9-17(13-21-19)27(24,25)22(3)16-7-5-4-6-8-16/h9-10,13,15-16H,4-8,11-12,14H2,1-3H3,(H,20,23). The van der Waals surface area contributed by atoms with E-state index in [9.17, 15) is 13.2 Å². The van der Waals surface area contributed by atoms with E-state index < -0.39 is 10.0 Å². The lowest BCUT2D eigenvalue weighted by atomic mass is 9.96. The summed E-state index contributed by atoms with van der Waals surface area (Å²) in [4.78, 5) is 16.3. The van der Waals surface area contributed by atoms with E-state index in [0.29, 0.717) is 17.5 Å². The number of hydrogen-bond acceptors (Lipinski definition) is 5. The second-order valence-corrected chi connectivity index (χ2v) is 10.5. The molecule has 1 amide bonds. The van der Waals surface area contributed by atoms with Crippen molar-refractivity contribution in [3.63, 3.8) is 0 Å². The predicted octanol–water partition coefficient (Wildman–Crippen LogP) is 3.29. The van der Waals surface area contributed by atoms with Crippen LogP contribution in [0, 0.1) is 5.92 Å². The van der Waals surface area contributed by atoms with Crippen LogP contribution in [0.4, 0.5) is 0 Å². The zero-order chi connectivity index (χ0) is 19.9. The lowest BCUT2D eigenvalue weighted by molar-refractivity contribution is -0.118. The number of carbonyl (C=O) groups excluding carboxylic acids is 1. The van der Waals surface area contributed by atoms with Crippen LogP contribution in [-0.2, 0) is 14.8 Å². The molecule has 1 heterocycles. The number of amides is 1. The van der Waals surface area contributed by atoms with Crippen LogP contribution >= 0.6 is 11.8 Å². The molecule has 2 rings (SSSR count). The Kier molecular flexibility index (Phi) is 8.57. The maximum absolute atomic E-state index is 12.8. The molecule has 0 aliphatic heterocycles. The van der Waals surface area contributed by atoms with Crippen molar-refractivity contribution in [1.82, 2.24) is 14.6 Å². The van der Waals surface area contributed by atoms with Gasteiger partial charge in [-0.15, -0.1) is 0 Å². The summed E-state index contributed by atoms with van der Waals surface area (Å²) in [6.45, 7) is 4.91. The van der Waals surface area contributed by atoms with Crippen molar-refractivity contribution in [2.24, 2.45) is 5.92 Å². The van der Waals surface area contributed by atoms with Crippen molar-refractivity contribution in [3.05, 3.63) is 18.3 Å². The van der Waals surface area contributed by atoms with E-state index in [4.69, 9.17) is 0 Å². The van der Waals surface area contributed by atoms with Gasteiger partial charge in [0.25, 0.3) is 0 Å². The van der Waals surface area contributed by atoms with Gasteiger partial charge < -0.3 is 5.32 Å². The first-order valence-corrected chi connectivity index (χ1v) is 12.1. The molecule has 1 aliphatic rings. The SMILES string of the molecule is CC(C)CCNC(=O)CSc1ccc(S(=O)(=O)N(C)C2CCCCC2)cn1. The molecule has 0 atom stereocenters. The minimum absolute atomic E-state index is 0.0313. The highest BCUT2D eigenvalue weighted by atomic mass is 32.2. The molecule has 1 saturated carbocycles. The van der Waals surface area contributed by atoms with Crippen molar-refractivity contribution in [2.45, 2.75) is 68.3 Å². The first-order valence-electron chi connectivity index (χ1n) is 9.64. The summed E-state index contributed by atoms with van der Waals surface area (Å²) in [6, 6.07) is 3.33. The number of hydrogen-bond donors (Lipinski definition) is 1. The Bertz CT molecular complexity index is 699. The number of pyridine rings is 1. The highest BCUT2D eigenvalue weighted by Crippen LogP contribution is 2.26. The van der Waals surface area contributed by atoms with E-state index in [-0.39, 0.29) is 22.6 Å².